The molecule has 0 radical (unpaired) electrons. The van der Waals surface area contributed by atoms with Crippen LogP contribution in [0.3, 0.4) is 0 Å². The summed E-state index contributed by atoms with van der Waals surface area (Å²) in [7, 11) is 3.43. The number of rotatable bonds is 7. The van der Waals surface area contributed by atoms with Crippen molar-refractivity contribution in [2.45, 2.75) is 19.5 Å². The molecule has 0 heterocycles. The van der Waals surface area contributed by atoms with Crippen molar-refractivity contribution in [2.75, 3.05) is 20.6 Å². The van der Waals surface area contributed by atoms with Crippen LogP contribution in [0, 0.1) is 5.82 Å². The predicted molar refractivity (Wildman–Crippen MR) is 118 cm³/mol. The summed E-state index contributed by atoms with van der Waals surface area (Å²) in [6.45, 7) is 1.36. The monoisotopic (exact) mass is 484 g/mol. The lowest BCUT2D eigenvalue weighted by Crippen LogP contribution is -2.39. The van der Waals surface area contributed by atoms with Crippen molar-refractivity contribution < 1.29 is 9.18 Å². The summed E-state index contributed by atoms with van der Waals surface area (Å²) in [6.07, 6.45) is 0.351. The number of guanidine groups is 1. The van der Waals surface area contributed by atoms with Crippen molar-refractivity contribution in [1.82, 2.24) is 15.5 Å². The minimum absolute atomic E-state index is 0. The molecule has 2 rings (SSSR count). The van der Waals surface area contributed by atoms with Gasteiger partial charge in [-0.25, -0.2) is 4.39 Å². The van der Waals surface area contributed by atoms with Gasteiger partial charge >= 0.3 is 0 Å². The summed E-state index contributed by atoms with van der Waals surface area (Å²) in [5, 5.41) is 6.12. The van der Waals surface area contributed by atoms with E-state index in [1.807, 2.05) is 30.3 Å². The second-order valence-corrected chi connectivity index (χ2v) is 5.93. The van der Waals surface area contributed by atoms with Crippen molar-refractivity contribution in [1.29, 1.82) is 0 Å². The lowest BCUT2D eigenvalue weighted by molar-refractivity contribution is -0.130. The highest BCUT2D eigenvalue weighted by molar-refractivity contribution is 14.0. The highest BCUT2D eigenvalue weighted by Crippen LogP contribution is 2.05. The maximum Gasteiger partial charge on any atom is 0.224 e. The molecule has 0 bridgehead atoms. The first-order valence-corrected chi connectivity index (χ1v) is 8.56. The van der Waals surface area contributed by atoms with Gasteiger partial charge in [0.2, 0.25) is 5.91 Å². The lowest BCUT2D eigenvalue weighted by Gasteiger charge is -2.18. The Morgan fingerprint density at radius 2 is 1.74 bits per heavy atom. The van der Waals surface area contributed by atoms with Gasteiger partial charge in [-0.3, -0.25) is 9.79 Å². The van der Waals surface area contributed by atoms with Crippen molar-refractivity contribution in [3.05, 3.63) is 71.5 Å². The molecule has 27 heavy (non-hydrogen) atoms. The fraction of sp³-hybridized carbons (Fsp3) is 0.300. The van der Waals surface area contributed by atoms with E-state index in [2.05, 4.69) is 15.6 Å². The largest absolute Gasteiger partial charge is 0.356 e. The number of nitrogens with zero attached hydrogens (tertiary/aromatic N) is 2. The van der Waals surface area contributed by atoms with Gasteiger partial charge < -0.3 is 15.5 Å². The first kappa shape index (κ1) is 22.9. The van der Waals surface area contributed by atoms with Gasteiger partial charge in [0.25, 0.3) is 0 Å². The van der Waals surface area contributed by atoms with E-state index in [4.69, 9.17) is 0 Å². The van der Waals surface area contributed by atoms with Gasteiger partial charge in [0.1, 0.15) is 5.82 Å². The molecule has 1 amide bonds. The van der Waals surface area contributed by atoms with Crippen LogP contribution in [0.25, 0.3) is 0 Å². The van der Waals surface area contributed by atoms with E-state index in [1.165, 1.54) is 6.07 Å². The maximum atomic E-state index is 13.6. The Morgan fingerprint density at radius 1 is 1.07 bits per heavy atom. The zero-order chi connectivity index (χ0) is 18.8. The fourth-order valence-electron chi connectivity index (χ4n) is 2.47. The predicted octanol–water partition coefficient (Wildman–Crippen LogP) is 3.16. The van der Waals surface area contributed by atoms with Gasteiger partial charge in [0.15, 0.2) is 5.96 Å². The average Bonchev–Trinajstić information content (AvgIpc) is 2.66. The zero-order valence-corrected chi connectivity index (χ0v) is 17.9. The van der Waals surface area contributed by atoms with Gasteiger partial charge in [0.05, 0.1) is 0 Å². The third kappa shape index (κ3) is 7.94. The smallest absolute Gasteiger partial charge is 0.224 e. The molecule has 0 saturated heterocycles. The van der Waals surface area contributed by atoms with Crippen LogP contribution in [0.4, 0.5) is 4.39 Å². The summed E-state index contributed by atoms with van der Waals surface area (Å²) in [5.74, 6) is 0.325. The van der Waals surface area contributed by atoms with E-state index in [0.29, 0.717) is 37.6 Å². The molecule has 0 atom stereocenters. The standard InChI is InChI=1S/C20H25FN4O.HI/c1-22-20(24-14-17-10-6-7-11-18(17)21)23-13-12-19(26)25(2)15-16-8-4-3-5-9-16;/h3-11H,12-15H2,1-2H3,(H2,22,23,24);1H. The van der Waals surface area contributed by atoms with Crippen LogP contribution < -0.4 is 10.6 Å². The average molecular weight is 484 g/mol. The molecule has 0 aromatic heterocycles. The van der Waals surface area contributed by atoms with E-state index in [9.17, 15) is 9.18 Å². The van der Waals surface area contributed by atoms with Crippen molar-refractivity contribution >= 4 is 35.8 Å². The quantitative estimate of drug-likeness (QED) is 0.361. The Kier molecular flexibility index (Phi) is 10.4. The number of amides is 1. The zero-order valence-electron chi connectivity index (χ0n) is 15.6. The Bertz CT molecular complexity index is 740. The van der Waals surface area contributed by atoms with E-state index < -0.39 is 0 Å². The number of halogens is 2. The molecule has 0 aliphatic carbocycles. The molecule has 2 aromatic rings. The lowest BCUT2D eigenvalue weighted by atomic mass is 10.2. The molecule has 0 unspecified atom stereocenters. The summed E-state index contributed by atoms with van der Waals surface area (Å²) in [5.41, 5.74) is 1.66. The van der Waals surface area contributed by atoms with Crippen LogP contribution in [0.5, 0.6) is 0 Å². The summed E-state index contributed by atoms with van der Waals surface area (Å²) < 4.78 is 13.6. The number of benzene rings is 2. The molecule has 0 saturated carbocycles. The molecule has 0 spiro atoms. The Hall–Kier alpha value is -2.16. The summed E-state index contributed by atoms with van der Waals surface area (Å²) in [4.78, 5) is 18.0. The molecule has 0 aliphatic heterocycles. The Balaban J connectivity index is 0.00000364. The van der Waals surface area contributed by atoms with Crippen LogP contribution in [-0.4, -0.2) is 37.4 Å². The molecule has 5 nitrogen and oxygen atoms in total. The number of carbonyl (C=O) groups is 1. The minimum Gasteiger partial charge on any atom is -0.356 e. The second-order valence-electron chi connectivity index (χ2n) is 5.93. The third-order valence-corrected chi connectivity index (χ3v) is 3.95. The SMILES string of the molecule is CN=C(NCCC(=O)N(C)Cc1ccccc1)NCc1ccccc1F.I. The van der Waals surface area contributed by atoms with Gasteiger partial charge in [-0.05, 0) is 11.6 Å². The van der Waals surface area contributed by atoms with Crippen molar-refractivity contribution in [2.24, 2.45) is 4.99 Å². The number of aliphatic imine (C=N–C) groups is 1. The van der Waals surface area contributed by atoms with Gasteiger partial charge in [-0.15, -0.1) is 24.0 Å². The number of carbonyl (C=O) groups excluding carboxylic acids is 1. The van der Waals surface area contributed by atoms with Crippen molar-refractivity contribution in [3.63, 3.8) is 0 Å². The molecule has 146 valence electrons. The summed E-state index contributed by atoms with van der Waals surface area (Å²) in [6, 6.07) is 16.5. The molecule has 0 aliphatic rings. The van der Waals surface area contributed by atoms with E-state index >= 15 is 0 Å². The van der Waals surface area contributed by atoms with Gasteiger partial charge in [-0.2, -0.15) is 0 Å². The fourth-order valence-corrected chi connectivity index (χ4v) is 2.47. The Morgan fingerprint density at radius 3 is 2.41 bits per heavy atom. The van der Waals surface area contributed by atoms with E-state index in [1.54, 1.807) is 37.2 Å². The topological polar surface area (TPSA) is 56.7 Å². The molecular formula is C20H26FIN4O. The molecule has 2 aromatic carbocycles. The molecule has 2 N–H and O–H groups in total. The molecule has 7 heteroatoms. The number of hydrogen-bond donors (Lipinski definition) is 2. The highest BCUT2D eigenvalue weighted by atomic mass is 127. The Labute approximate surface area is 177 Å². The second kappa shape index (κ2) is 12.3. The third-order valence-electron chi connectivity index (χ3n) is 3.95. The minimum atomic E-state index is -0.256. The van der Waals surface area contributed by atoms with Gasteiger partial charge in [0, 0.05) is 45.7 Å². The normalized spacial score (nSPS) is 10.7. The molecular weight excluding hydrogens is 458 g/mol. The van der Waals surface area contributed by atoms with E-state index in [0.717, 1.165) is 5.56 Å². The highest BCUT2D eigenvalue weighted by Gasteiger charge is 2.09. The maximum absolute atomic E-state index is 13.6. The van der Waals surface area contributed by atoms with Crippen LogP contribution in [0.1, 0.15) is 17.5 Å². The van der Waals surface area contributed by atoms with Crippen LogP contribution >= 0.6 is 24.0 Å². The number of nitrogens with one attached hydrogen (secondary N) is 2. The van der Waals surface area contributed by atoms with E-state index in [-0.39, 0.29) is 35.7 Å². The first-order chi connectivity index (χ1) is 12.6. The van der Waals surface area contributed by atoms with Gasteiger partial charge in [-0.1, -0.05) is 48.5 Å². The summed E-state index contributed by atoms with van der Waals surface area (Å²) >= 11 is 0. The van der Waals surface area contributed by atoms with Crippen LogP contribution in [0.2, 0.25) is 0 Å². The molecule has 0 fully saturated rings. The van der Waals surface area contributed by atoms with Crippen molar-refractivity contribution in [3.8, 4) is 0 Å². The van der Waals surface area contributed by atoms with Crippen LogP contribution in [0.15, 0.2) is 59.6 Å². The van der Waals surface area contributed by atoms with Crippen LogP contribution in [-0.2, 0) is 17.9 Å². The number of hydrogen-bond acceptors (Lipinski definition) is 2. The first-order valence-electron chi connectivity index (χ1n) is 8.56.